The Morgan fingerprint density at radius 2 is 2.05 bits per heavy atom. The van der Waals surface area contributed by atoms with Gasteiger partial charge in [0, 0.05) is 30.1 Å². The topological polar surface area (TPSA) is 166 Å². The number of aryl methyl sites for hydroxylation is 1. The van der Waals surface area contributed by atoms with Gasteiger partial charge < -0.3 is 40.1 Å². The highest BCUT2D eigenvalue weighted by molar-refractivity contribution is 5.83. The van der Waals surface area contributed by atoms with Crippen molar-refractivity contribution in [2.75, 3.05) is 20.1 Å². The minimum atomic E-state index is -1.82. The zero-order valence-electron chi connectivity index (χ0n) is 21.2. The van der Waals surface area contributed by atoms with Gasteiger partial charge in [0.1, 0.15) is 11.5 Å². The molecule has 2 heterocycles. The van der Waals surface area contributed by atoms with Crippen molar-refractivity contribution in [3.8, 4) is 5.75 Å². The van der Waals surface area contributed by atoms with E-state index < -0.39 is 47.5 Å². The number of fused-ring (bicyclic) bond motifs is 1. The monoisotopic (exact) mass is 518 g/mol. The van der Waals surface area contributed by atoms with Crippen molar-refractivity contribution < 1.29 is 44.3 Å². The minimum absolute atomic E-state index is 0.103. The number of likely N-dealkylation sites (N-methyl/N-ethyl adjacent to an activating group) is 1. The number of amides is 1. The maximum absolute atomic E-state index is 12.7. The van der Waals surface area contributed by atoms with Gasteiger partial charge in [0.05, 0.1) is 30.5 Å². The summed E-state index contributed by atoms with van der Waals surface area (Å²) in [5, 5.41) is 42.6. The Bertz CT molecular complexity index is 1140. The molecule has 1 saturated heterocycles. The number of aliphatic carboxylic acids is 1. The van der Waals surface area contributed by atoms with Crippen molar-refractivity contribution >= 4 is 17.8 Å². The molecule has 11 heteroatoms. The molecule has 5 N–H and O–H groups in total. The molecular formula is C26H34N2O9. The number of aliphatic hydroxyl groups is 3. The number of rotatable bonds is 8. The molecule has 4 rings (SSSR count). The van der Waals surface area contributed by atoms with Crippen molar-refractivity contribution in [1.29, 1.82) is 0 Å². The van der Waals surface area contributed by atoms with Crippen LogP contribution in [0.3, 0.4) is 0 Å². The first-order chi connectivity index (χ1) is 17.5. The number of carboxylic acid groups (broad SMARTS) is 1. The molecular weight excluding hydrogens is 484 g/mol. The van der Waals surface area contributed by atoms with Gasteiger partial charge in [-0.15, -0.1) is 0 Å². The maximum atomic E-state index is 12.7. The van der Waals surface area contributed by atoms with Crippen LogP contribution in [0.2, 0.25) is 0 Å². The Hall–Kier alpha value is -2.99. The molecule has 37 heavy (non-hydrogen) atoms. The standard InChI is InChI=1S/C26H34N2O9/c1-14-4-5-16(13-29)22-21(14)25-9-11-28(3)15(2)26(25,35)8-6-18(23(25)37-22)36-20(32)7-10-27-19(31)12-17(30)24(33)34/h4-6,15,17,23,29-30,35H,7-13H2,1-3H3,(H,27,31)(H,33,34)/t15-,17+,23+,25+,26-/m1/s1. The number of nitrogens with one attached hydrogen (secondary N) is 1. The first kappa shape index (κ1) is 27.1. The largest absolute Gasteiger partial charge is 0.481 e. The number of carbonyl (C=O) groups is 3. The number of aliphatic hydroxyl groups excluding tert-OH is 2. The Morgan fingerprint density at radius 3 is 2.73 bits per heavy atom. The molecule has 0 unspecified atom stereocenters. The second-order valence-electron chi connectivity index (χ2n) is 10.1. The van der Waals surface area contributed by atoms with Gasteiger partial charge >= 0.3 is 11.9 Å². The molecule has 1 spiro atoms. The van der Waals surface area contributed by atoms with Crippen LogP contribution in [-0.4, -0.2) is 87.2 Å². The summed E-state index contributed by atoms with van der Waals surface area (Å²) in [7, 11) is 1.96. The number of likely N-dealkylation sites (tertiary alicyclic amines) is 1. The van der Waals surface area contributed by atoms with Crippen molar-refractivity contribution in [1.82, 2.24) is 10.2 Å². The summed E-state index contributed by atoms with van der Waals surface area (Å²) in [6.45, 7) is 4.25. The summed E-state index contributed by atoms with van der Waals surface area (Å²) in [4.78, 5) is 37.3. The lowest BCUT2D eigenvalue weighted by atomic mass is 9.54. The van der Waals surface area contributed by atoms with E-state index in [1.165, 1.54) is 0 Å². The zero-order chi connectivity index (χ0) is 27.1. The summed E-state index contributed by atoms with van der Waals surface area (Å²) in [5.41, 5.74) is 0.231. The van der Waals surface area contributed by atoms with E-state index in [1.807, 2.05) is 27.0 Å². The number of esters is 1. The van der Waals surface area contributed by atoms with E-state index in [9.17, 15) is 29.7 Å². The summed E-state index contributed by atoms with van der Waals surface area (Å²) in [6.07, 6.45) is -0.958. The summed E-state index contributed by atoms with van der Waals surface area (Å²) < 4.78 is 12.1. The Morgan fingerprint density at radius 1 is 1.32 bits per heavy atom. The molecule has 11 nitrogen and oxygen atoms in total. The van der Waals surface area contributed by atoms with Crippen molar-refractivity contribution in [2.45, 2.75) is 75.4 Å². The summed E-state index contributed by atoms with van der Waals surface area (Å²) in [6, 6.07) is 3.47. The fourth-order valence-corrected chi connectivity index (χ4v) is 6.02. The molecule has 0 aromatic heterocycles. The van der Waals surface area contributed by atoms with Gasteiger partial charge in [-0.3, -0.25) is 9.59 Å². The Kier molecular flexibility index (Phi) is 7.35. The van der Waals surface area contributed by atoms with Crippen LogP contribution in [0, 0.1) is 6.92 Å². The smallest absolute Gasteiger partial charge is 0.333 e. The van der Waals surface area contributed by atoms with Gasteiger partial charge in [-0.2, -0.15) is 0 Å². The van der Waals surface area contributed by atoms with Gasteiger partial charge in [0.25, 0.3) is 0 Å². The summed E-state index contributed by atoms with van der Waals surface area (Å²) >= 11 is 0. The second-order valence-corrected chi connectivity index (χ2v) is 10.1. The maximum Gasteiger partial charge on any atom is 0.333 e. The van der Waals surface area contributed by atoms with Crippen molar-refractivity contribution in [3.05, 3.63) is 40.7 Å². The first-order valence-corrected chi connectivity index (χ1v) is 12.4. The fraction of sp³-hybridized carbons (Fsp3) is 0.577. The third kappa shape index (κ3) is 4.39. The van der Waals surface area contributed by atoms with Crippen LogP contribution in [0.4, 0.5) is 0 Å². The summed E-state index contributed by atoms with van der Waals surface area (Å²) in [5.74, 6) is -2.06. The van der Waals surface area contributed by atoms with Gasteiger partial charge in [-0.1, -0.05) is 12.1 Å². The number of carbonyl (C=O) groups excluding carboxylic acids is 2. The second kappa shape index (κ2) is 10.1. The average molecular weight is 519 g/mol. The molecule has 3 aliphatic rings. The number of piperidine rings is 1. The quantitative estimate of drug-likeness (QED) is 0.298. The highest BCUT2D eigenvalue weighted by Crippen LogP contribution is 2.61. The van der Waals surface area contributed by atoms with Crippen molar-refractivity contribution in [3.63, 3.8) is 0 Å². The number of nitrogens with zero attached hydrogens (tertiary/aromatic N) is 1. The minimum Gasteiger partial charge on any atom is -0.481 e. The third-order valence-corrected chi connectivity index (χ3v) is 8.15. The molecule has 0 bridgehead atoms. The fourth-order valence-electron chi connectivity index (χ4n) is 6.02. The normalized spacial score (nSPS) is 29.2. The lowest BCUT2D eigenvalue weighted by Gasteiger charge is -2.58. The molecule has 1 aliphatic carbocycles. The number of hydrogen-bond acceptors (Lipinski definition) is 9. The molecule has 1 fully saturated rings. The van der Waals surface area contributed by atoms with Gasteiger partial charge in [0.15, 0.2) is 12.2 Å². The molecule has 5 atom stereocenters. The van der Waals surface area contributed by atoms with Crippen LogP contribution >= 0.6 is 0 Å². The van der Waals surface area contributed by atoms with Crippen LogP contribution in [0.1, 0.15) is 49.3 Å². The SMILES string of the molecule is Cc1ccc(CO)c2c1[C@]13CCN(C)[C@H](C)[C@]1(O)CC=C(OC(=O)CCNC(=O)C[C@H](O)C(=O)O)[C@@H]3O2. The Labute approximate surface area is 214 Å². The molecule has 1 amide bonds. The number of benzene rings is 1. The van der Waals surface area contributed by atoms with E-state index in [2.05, 4.69) is 10.2 Å². The van der Waals surface area contributed by atoms with Crippen LogP contribution in [-0.2, 0) is 31.1 Å². The number of carboxylic acids is 1. The Balaban J connectivity index is 1.57. The highest BCUT2D eigenvalue weighted by atomic mass is 16.6. The molecule has 0 radical (unpaired) electrons. The predicted molar refractivity (Wildman–Crippen MR) is 130 cm³/mol. The first-order valence-electron chi connectivity index (χ1n) is 12.4. The van der Waals surface area contributed by atoms with E-state index in [0.29, 0.717) is 24.3 Å². The highest BCUT2D eigenvalue weighted by Gasteiger charge is 2.69. The number of hydrogen-bond donors (Lipinski definition) is 5. The predicted octanol–water partition coefficient (Wildman–Crippen LogP) is 0.114. The molecule has 2 aliphatic heterocycles. The average Bonchev–Trinajstić information content (AvgIpc) is 3.21. The van der Waals surface area contributed by atoms with E-state index in [4.69, 9.17) is 14.6 Å². The lowest BCUT2D eigenvalue weighted by molar-refractivity contribution is -0.161. The van der Waals surface area contributed by atoms with Gasteiger partial charge in [0.2, 0.25) is 5.91 Å². The molecule has 202 valence electrons. The molecule has 1 aromatic carbocycles. The van der Waals surface area contributed by atoms with Crippen LogP contribution < -0.4 is 10.1 Å². The van der Waals surface area contributed by atoms with E-state index >= 15 is 0 Å². The van der Waals surface area contributed by atoms with Crippen LogP contribution in [0.15, 0.2) is 24.0 Å². The zero-order valence-corrected chi connectivity index (χ0v) is 21.2. The van der Waals surface area contributed by atoms with Crippen LogP contribution in [0.5, 0.6) is 5.75 Å². The molecule has 1 aromatic rings. The third-order valence-electron chi connectivity index (χ3n) is 8.15. The lowest BCUT2D eigenvalue weighted by Crippen LogP contribution is -2.71. The van der Waals surface area contributed by atoms with E-state index in [0.717, 1.165) is 11.1 Å². The van der Waals surface area contributed by atoms with Crippen LogP contribution in [0.25, 0.3) is 0 Å². The van der Waals surface area contributed by atoms with Gasteiger partial charge in [-0.05, 0) is 45.5 Å². The van der Waals surface area contributed by atoms with Gasteiger partial charge in [-0.25, -0.2) is 4.79 Å². The van der Waals surface area contributed by atoms with E-state index in [1.54, 1.807) is 12.1 Å². The van der Waals surface area contributed by atoms with E-state index in [-0.39, 0.29) is 37.8 Å². The number of ether oxygens (including phenoxy) is 2. The molecule has 0 saturated carbocycles. The van der Waals surface area contributed by atoms with Crippen molar-refractivity contribution in [2.24, 2.45) is 0 Å².